The summed E-state index contributed by atoms with van der Waals surface area (Å²) >= 11 is 1.74. The third-order valence-electron chi connectivity index (χ3n) is 3.98. The van der Waals surface area contributed by atoms with E-state index in [1.54, 1.807) is 32.0 Å². The SMILES string of the molecule is CN=C(NCc1ccc(F)c(COC)c1)NCc1ccc(C)cc1SC. The average molecular weight is 376 g/mol. The van der Waals surface area contributed by atoms with Gasteiger partial charge >= 0.3 is 0 Å². The molecule has 0 bridgehead atoms. The maximum Gasteiger partial charge on any atom is 0.191 e. The van der Waals surface area contributed by atoms with Gasteiger partial charge < -0.3 is 15.4 Å². The minimum absolute atomic E-state index is 0.248. The molecular weight excluding hydrogens is 349 g/mol. The van der Waals surface area contributed by atoms with Gasteiger partial charge in [0.2, 0.25) is 0 Å². The number of hydrogen-bond donors (Lipinski definition) is 2. The lowest BCUT2D eigenvalue weighted by Crippen LogP contribution is -2.36. The molecule has 2 aromatic rings. The summed E-state index contributed by atoms with van der Waals surface area (Å²) < 4.78 is 18.7. The Morgan fingerprint density at radius 3 is 2.58 bits per heavy atom. The summed E-state index contributed by atoms with van der Waals surface area (Å²) in [7, 11) is 3.30. The van der Waals surface area contributed by atoms with E-state index in [4.69, 9.17) is 4.74 Å². The van der Waals surface area contributed by atoms with Crippen LogP contribution in [0.2, 0.25) is 0 Å². The van der Waals surface area contributed by atoms with Crippen LogP contribution in [0.3, 0.4) is 0 Å². The van der Waals surface area contributed by atoms with Crippen molar-refractivity contribution in [2.75, 3.05) is 20.4 Å². The topological polar surface area (TPSA) is 45.7 Å². The molecule has 0 radical (unpaired) electrons. The minimum atomic E-state index is -0.248. The maximum atomic E-state index is 13.7. The standard InChI is InChI=1S/C20H26FN3OS/c1-14-5-7-16(19(9-14)26-4)12-24-20(22-2)23-11-15-6-8-18(21)17(10-15)13-25-3/h5-10H,11-13H2,1-4H3,(H2,22,23,24). The predicted molar refractivity (Wildman–Crippen MR) is 107 cm³/mol. The van der Waals surface area contributed by atoms with E-state index in [1.807, 2.05) is 6.07 Å². The molecule has 0 aliphatic carbocycles. The molecular formula is C20H26FN3OS. The first-order valence-corrected chi connectivity index (χ1v) is 9.64. The maximum absolute atomic E-state index is 13.7. The Hall–Kier alpha value is -2.05. The van der Waals surface area contributed by atoms with Crippen LogP contribution < -0.4 is 10.6 Å². The Bertz CT molecular complexity index is 765. The van der Waals surface area contributed by atoms with Gasteiger partial charge in [-0.3, -0.25) is 4.99 Å². The van der Waals surface area contributed by atoms with Crippen LogP contribution in [-0.4, -0.2) is 26.4 Å². The molecule has 0 unspecified atom stereocenters. The monoisotopic (exact) mass is 375 g/mol. The molecule has 0 aliphatic heterocycles. The summed E-state index contributed by atoms with van der Waals surface area (Å²) in [5, 5.41) is 6.59. The molecule has 2 aromatic carbocycles. The van der Waals surface area contributed by atoms with E-state index in [1.165, 1.54) is 22.1 Å². The van der Waals surface area contributed by atoms with Crippen LogP contribution in [-0.2, 0) is 24.4 Å². The molecule has 0 amide bonds. The molecule has 0 saturated carbocycles. The van der Waals surface area contributed by atoms with Crippen LogP contribution in [0.5, 0.6) is 0 Å². The summed E-state index contributed by atoms with van der Waals surface area (Å²) in [5.74, 6) is 0.456. The molecule has 0 fully saturated rings. The normalized spacial score (nSPS) is 11.5. The Morgan fingerprint density at radius 2 is 1.88 bits per heavy atom. The number of aliphatic imine (C=N–C) groups is 1. The van der Waals surface area contributed by atoms with Crippen LogP contribution in [0.1, 0.15) is 22.3 Å². The lowest BCUT2D eigenvalue weighted by atomic mass is 10.1. The number of thioether (sulfide) groups is 1. The third-order valence-corrected chi connectivity index (χ3v) is 4.80. The number of methoxy groups -OCH3 is 1. The van der Waals surface area contributed by atoms with Crippen molar-refractivity contribution in [3.8, 4) is 0 Å². The van der Waals surface area contributed by atoms with Gasteiger partial charge in [0.25, 0.3) is 0 Å². The lowest BCUT2D eigenvalue weighted by Gasteiger charge is -2.14. The lowest BCUT2D eigenvalue weighted by molar-refractivity contribution is 0.181. The summed E-state index contributed by atoms with van der Waals surface area (Å²) in [4.78, 5) is 5.52. The number of nitrogens with zero attached hydrogens (tertiary/aromatic N) is 1. The van der Waals surface area contributed by atoms with Crippen LogP contribution in [0.15, 0.2) is 46.3 Å². The largest absolute Gasteiger partial charge is 0.380 e. The van der Waals surface area contributed by atoms with Crippen LogP contribution in [0.4, 0.5) is 4.39 Å². The van der Waals surface area contributed by atoms with E-state index in [9.17, 15) is 4.39 Å². The van der Waals surface area contributed by atoms with Gasteiger partial charge in [-0.15, -0.1) is 11.8 Å². The molecule has 0 atom stereocenters. The molecule has 4 nitrogen and oxygen atoms in total. The van der Waals surface area contributed by atoms with Crippen molar-refractivity contribution in [2.45, 2.75) is 31.5 Å². The first kappa shape index (κ1) is 20.3. The van der Waals surface area contributed by atoms with Crippen molar-refractivity contribution in [3.05, 3.63) is 64.5 Å². The van der Waals surface area contributed by atoms with Crippen LogP contribution >= 0.6 is 11.8 Å². The average Bonchev–Trinajstić information content (AvgIpc) is 2.65. The van der Waals surface area contributed by atoms with E-state index >= 15 is 0 Å². The highest BCUT2D eigenvalue weighted by Gasteiger charge is 2.06. The highest BCUT2D eigenvalue weighted by Crippen LogP contribution is 2.21. The number of guanidine groups is 1. The fourth-order valence-electron chi connectivity index (χ4n) is 2.59. The molecule has 140 valence electrons. The van der Waals surface area contributed by atoms with Gasteiger partial charge in [0.05, 0.1) is 6.61 Å². The van der Waals surface area contributed by atoms with Crippen molar-refractivity contribution in [1.29, 1.82) is 0 Å². The predicted octanol–water partition coefficient (Wildman–Crippen LogP) is 3.87. The smallest absolute Gasteiger partial charge is 0.191 e. The van der Waals surface area contributed by atoms with Gasteiger partial charge in [0, 0.05) is 37.7 Å². The van der Waals surface area contributed by atoms with Gasteiger partial charge in [0.1, 0.15) is 5.82 Å². The Labute approximate surface area is 159 Å². The first-order chi connectivity index (χ1) is 12.6. The minimum Gasteiger partial charge on any atom is -0.380 e. The second-order valence-electron chi connectivity index (χ2n) is 5.95. The highest BCUT2D eigenvalue weighted by atomic mass is 32.2. The van der Waals surface area contributed by atoms with Gasteiger partial charge in [0.15, 0.2) is 5.96 Å². The number of aryl methyl sites for hydroxylation is 1. The number of ether oxygens (including phenoxy) is 1. The van der Waals surface area contributed by atoms with E-state index in [0.717, 1.165) is 5.56 Å². The molecule has 6 heteroatoms. The fraction of sp³-hybridized carbons (Fsp3) is 0.350. The molecule has 0 saturated heterocycles. The number of benzene rings is 2. The van der Waals surface area contributed by atoms with Crippen LogP contribution in [0, 0.1) is 12.7 Å². The van der Waals surface area contributed by atoms with E-state index in [0.29, 0.717) is 24.6 Å². The molecule has 2 N–H and O–H groups in total. The zero-order valence-electron chi connectivity index (χ0n) is 15.7. The van der Waals surface area contributed by atoms with E-state index in [-0.39, 0.29) is 12.4 Å². The Morgan fingerprint density at radius 1 is 1.12 bits per heavy atom. The first-order valence-electron chi connectivity index (χ1n) is 8.41. The van der Waals surface area contributed by atoms with Gasteiger partial charge in [-0.25, -0.2) is 4.39 Å². The summed E-state index contributed by atoms with van der Waals surface area (Å²) in [5.41, 5.74) is 4.01. The van der Waals surface area contributed by atoms with Crippen molar-refractivity contribution in [2.24, 2.45) is 4.99 Å². The number of hydrogen-bond acceptors (Lipinski definition) is 3. The number of halogens is 1. The summed E-state index contributed by atoms with van der Waals surface area (Å²) in [6, 6.07) is 11.5. The van der Waals surface area contributed by atoms with Gasteiger partial charge in [-0.2, -0.15) is 0 Å². The third kappa shape index (κ3) is 5.75. The highest BCUT2D eigenvalue weighted by molar-refractivity contribution is 7.98. The van der Waals surface area contributed by atoms with Crippen molar-refractivity contribution < 1.29 is 9.13 Å². The quantitative estimate of drug-likeness (QED) is 0.438. The number of nitrogens with one attached hydrogen (secondary N) is 2. The van der Waals surface area contributed by atoms with E-state index in [2.05, 4.69) is 47.0 Å². The molecule has 0 spiro atoms. The molecule has 26 heavy (non-hydrogen) atoms. The van der Waals surface area contributed by atoms with Crippen molar-refractivity contribution in [3.63, 3.8) is 0 Å². The molecule has 0 heterocycles. The summed E-state index contributed by atoms with van der Waals surface area (Å²) in [6.07, 6.45) is 2.08. The fourth-order valence-corrected chi connectivity index (χ4v) is 3.29. The second-order valence-corrected chi connectivity index (χ2v) is 6.80. The molecule has 0 aliphatic rings. The molecule has 2 rings (SSSR count). The van der Waals surface area contributed by atoms with Gasteiger partial charge in [-0.05, 0) is 48.1 Å². The van der Waals surface area contributed by atoms with Crippen molar-refractivity contribution in [1.82, 2.24) is 10.6 Å². The van der Waals surface area contributed by atoms with Crippen LogP contribution in [0.25, 0.3) is 0 Å². The molecule has 0 aromatic heterocycles. The number of rotatable bonds is 7. The van der Waals surface area contributed by atoms with Crippen molar-refractivity contribution >= 4 is 17.7 Å². The summed E-state index contributed by atoms with van der Waals surface area (Å²) in [6.45, 7) is 3.60. The zero-order chi connectivity index (χ0) is 18.9. The Kier molecular flexibility index (Phi) is 7.94. The zero-order valence-corrected chi connectivity index (χ0v) is 16.5. The van der Waals surface area contributed by atoms with E-state index < -0.39 is 0 Å². The second kappa shape index (κ2) is 10.2. The Balaban J connectivity index is 1.95. The van der Waals surface area contributed by atoms with Gasteiger partial charge in [-0.1, -0.05) is 18.2 Å².